The van der Waals surface area contributed by atoms with Gasteiger partial charge in [-0.05, 0) is 56.4 Å². The van der Waals surface area contributed by atoms with Crippen LogP contribution in [0.4, 0.5) is 0 Å². The molecule has 1 aliphatic rings. The Labute approximate surface area is 221 Å². The number of carbonyl (C=O) groups excluding carboxylic acids is 1. The van der Waals surface area contributed by atoms with Gasteiger partial charge in [-0.2, -0.15) is 0 Å². The molecule has 8 heteroatoms. The summed E-state index contributed by atoms with van der Waals surface area (Å²) in [6.45, 7) is 6.16. The lowest BCUT2D eigenvalue weighted by Crippen LogP contribution is -2.30. The summed E-state index contributed by atoms with van der Waals surface area (Å²) in [7, 11) is 0. The minimum atomic E-state index is 0.0150. The fourth-order valence-electron chi connectivity index (χ4n) is 4.67. The summed E-state index contributed by atoms with van der Waals surface area (Å²) in [4.78, 5) is 17.9. The van der Waals surface area contributed by atoms with E-state index in [-0.39, 0.29) is 5.91 Å². The molecule has 0 unspecified atom stereocenters. The fraction of sp³-hybridized carbons (Fsp3) is 0.481. The van der Waals surface area contributed by atoms with Gasteiger partial charge in [-0.1, -0.05) is 55.8 Å². The molecular weight excluding hydrogens is 501 g/mol. The molecular formula is C27H33Cl2N3O2S. The third kappa shape index (κ3) is 6.81. The lowest BCUT2D eigenvalue weighted by molar-refractivity contribution is 0.0943. The first-order valence-electron chi connectivity index (χ1n) is 12.5. The number of unbranched alkanes of at least 4 members (excludes halogenated alkanes) is 1. The standard InChI is InChI=1S/C27H33Cl2N3O2S/c1-3-4-10-32-18(2)23(27(33)30-15-19-8-6-5-7-9-19)14-25(32)24-17-35-26(31-24)16-34-22-12-20(28)11-21(29)13-22/h11-14,17,19H,3-10,15-16H2,1-2H3,(H,30,33). The molecule has 0 spiro atoms. The Bertz CT molecular complexity index is 1130. The minimum absolute atomic E-state index is 0.0150. The van der Waals surface area contributed by atoms with Crippen LogP contribution in [0.2, 0.25) is 10.0 Å². The summed E-state index contributed by atoms with van der Waals surface area (Å²) < 4.78 is 8.09. The van der Waals surface area contributed by atoms with Gasteiger partial charge in [0.05, 0.1) is 17.0 Å². The van der Waals surface area contributed by atoms with Crippen molar-refractivity contribution in [2.45, 2.75) is 71.9 Å². The number of nitrogens with one attached hydrogen (secondary N) is 1. The number of hydrogen-bond donors (Lipinski definition) is 1. The molecule has 5 nitrogen and oxygen atoms in total. The molecule has 1 saturated carbocycles. The van der Waals surface area contributed by atoms with Crippen molar-refractivity contribution in [1.29, 1.82) is 0 Å². The monoisotopic (exact) mass is 533 g/mol. The summed E-state index contributed by atoms with van der Waals surface area (Å²) in [5.74, 6) is 1.23. The van der Waals surface area contributed by atoms with Crippen molar-refractivity contribution in [3.05, 3.63) is 56.0 Å². The fourth-order valence-corrected chi connectivity index (χ4v) is 5.87. The molecule has 3 aromatic rings. The molecule has 1 fully saturated rings. The predicted molar refractivity (Wildman–Crippen MR) is 145 cm³/mol. The summed E-state index contributed by atoms with van der Waals surface area (Å²) in [6.07, 6.45) is 8.43. The summed E-state index contributed by atoms with van der Waals surface area (Å²) in [5, 5.41) is 7.14. The minimum Gasteiger partial charge on any atom is -0.486 e. The SMILES string of the molecule is CCCCn1c(-c2csc(COc3cc(Cl)cc(Cl)c3)n2)cc(C(=O)NCC2CCCCC2)c1C. The number of amides is 1. The molecule has 0 saturated heterocycles. The van der Waals surface area contributed by atoms with Crippen molar-refractivity contribution < 1.29 is 9.53 Å². The van der Waals surface area contributed by atoms with Crippen molar-refractivity contribution >= 4 is 40.4 Å². The zero-order chi connectivity index (χ0) is 24.8. The molecule has 0 atom stereocenters. The van der Waals surface area contributed by atoms with Gasteiger partial charge in [-0.3, -0.25) is 4.79 Å². The highest BCUT2D eigenvalue weighted by Gasteiger charge is 2.21. The molecule has 2 heterocycles. The maximum absolute atomic E-state index is 13.1. The zero-order valence-corrected chi connectivity index (χ0v) is 22.7. The smallest absolute Gasteiger partial charge is 0.253 e. The zero-order valence-electron chi connectivity index (χ0n) is 20.4. The second-order valence-electron chi connectivity index (χ2n) is 9.27. The normalized spacial score (nSPS) is 14.3. The largest absolute Gasteiger partial charge is 0.486 e. The van der Waals surface area contributed by atoms with Crippen molar-refractivity contribution in [3.8, 4) is 17.1 Å². The number of rotatable bonds is 10. The molecule has 188 valence electrons. The van der Waals surface area contributed by atoms with Gasteiger partial charge in [-0.15, -0.1) is 11.3 Å². The number of ether oxygens (including phenoxy) is 1. The number of hydrogen-bond acceptors (Lipinski definition) is 4. The second kappa shape index (κ2) is 12.3. The van der Waals surface area contributed by atoms with E-state index in [1.165, 1.54) is 32.1 Å². The third-order valence-corrected chi connectivity index (χ3v) is 7.89. The van der Waals surface area contributed by atoms with Crippen molar-refractivity contribution in [2.24, 2.45) is 5.92 Å². The van der Waals surface area contributed by atoms with Crippen LogP contribution < -0.4 is 10.1 Å². The van der Waals surface area contributed by atoms with E-state index in [1.54, 1.807) is 29.5 Å². The van der Waals surface area contributed by atoms with E-state index >= 15 is 0 Å². The van der Waals surface area contributed by atoms with E-state index in [1.807, 2.05) is 18.4 Å². The van der Waals surface area contributed by atoms with Crippen LogP contribution in [0.5, 0.6) is 5.75 Å². The summed E-state index contributed by atoms with van der Waals surface area (Å²) in [5.41, 5.74) is 3.58. The molecule has 0 radical (unpaired) electrons. The highest BCUT2D eigenvalue weighted by atomic mass is 35.5. The lowest BCUT2D eigenvalue weighted by atomic mass is 9.89. The van der Waals surface area contributed by atoms with Crippen LogP contribution in [-0.2, 0) is 13.2 Å². The highest BCUT2D eigenvalue weighted by Crippen LogP contribution is 2.30. The Kier molecular flexibility index (Phi) is 9.15. The first-order chi connectivity index (χ1) is 16.9. The molecule has 1 aromatic carbocycles. The van der Waals surface area contributed by atoms with E-state index in [9.17, 15) is 4.79 Å². The van der Waals surface area contributed by atoms with E-state index in [2.05, 4.69) is 16.8 Å². The second-order valence-corrected chi connectivity index (χ2v) is 11.1. The first kappa shape index (κ1) is 26.1. The predicted octanol–water partition coefficient (Wildman–Crippen LogP) is 7.92. The Balaban J connectivity index is 1.49. The van der Waals surface area contributed by atoms with Gasteiger partial charge in [0, 0.05) is 34.2 Å². The average molecular weight is 535 g/mol. The van der Waals surface area contributed by atoms with Gasteiger partial charge in [0.2, 0.25) is 0 Å². The van der Waals surface area contributed by atoms with Gasteiger partial charge in [-0.25, -0.2) is 4.98 Å². The van der Waals surface area contributed by atoms with Crippen LogP contribution in [0.3, 0.4) is 0 Å². The maximum Gasteiger partial charge on any atom is 0.253 e. The van der Waals surface area contributed by atoms with Crippen LogP contribution in [-0.4, -0.2) is 22.0 Å². The number of aromatic nitrogens is 2. The summed E-state index contributed by atoms with van der Waals surface area (Å²) >= 11 is 13.7. The number of thiazole rings is 1. The number of halogens is 2. The molecule has 1 N–H and O–H groups in total. The Hall–Kier alpha value is -2.02. The molecule has 2 aromatic heterocycles. The average Bonchev–Trinajstić information content (AvgIpc) is 3.44. The molecule has 1 aliphatic carbocycles. The van der Waals surface area contributed by atoms with Gasteiger partial charge >= 0.3 is 0 Å². The van der Waals surface area contributed by atoms with E-state index in [0.29, 0.717) is 28.3 Å². The van der Waals surface area contributed by atoms with Gasteiger partial charge in [0.15, 0.2) is 0 Å². The molecule has 35 heavy (non-hydrogen) atoms. The van der Waals surface area contributed by atoms with Gasteiger partial charge in [0.25, 0.3) is 5.91 Å². The number of benzene rings is 1. The maximum atomic E-state index is 13.1. The quantitative estimate of drug-likeness (QED) is 0.288. The molecule has 0 bridgehead atoms. The molecule has 1 amide bonds. The van der Waals surface area contributed by atoms with Crippen LogP contribution in [0.25, 0.3) is 11.4 Å². The van der Waals surface area contributed by atoms with E-state index in [0.717, 1.165) is 53.6 Å². The van der Waals surface area contributed by atoms with Crippen LogP contribution in [0, 0.1) is 12.8 Å². The number of nitrogens with zero attached hydrogens (tertiary/aromatic N) is 2. The third-order valence-electron chi connectivity index (χ3n) is 6.64. The Morgan fingerprint density at radius 2 is 1.91 bits per heavy atom. The van der Waals surface area contributed by atoms with E-state index < -0.39 is 0 Å². The Morgan fingerprint density at radius 3 is 2.63 bits per heavy atom. The lowest BCUT2D eigenvalue weighted by Gasteiger charge is -2.21. The van der Waals surface area contributed by atoms with Crippen LogP contribution in [0.1, 0.15) is 72.9 Å². The van der Waals surface area contributed by atoms with Crippen LogP contribution in [0.15, 0.2) is 29.6 Å². The topological polar surface area (TPSA) is 56.2 Å². The number of carbonyl (C=O) groups is 1. The Morgan fingerprint density at radius 1 is 1.17 bits per heavy atom. The summed E-state index contributed by atoms with van der Waals surface area (Å²) in [6, 6.07) is 7.14. The van der Waals surface area contributed by atoms with Crippen LogP contribution >= 0.6 is 34.5 Å². The van der Waals surface area contributed by atoms with Gasteiger partial charge in [0.1, 0.15) is 17.4 Å². The van der Waals surface area contributed by atoms with Crippen molar-refractivity contribution in [2.75, 3.05) is 6.54 Å². The van der Waals surface area contributed by atoms with Crippen molar-refractivity contribution in [3.63, 3.8) is 0 Å². The van der Waals surface area contributed by atoms with E-state index in [4.69, 9.17) is 32.9 Å². The molecule has 0 aliphatic heterocycles. The van der Waals surface area contributed by atoms with Gasteiger partial charge < -0.3 is 14.6 Å². The first-order valence-corrected chi connectivity index (χ1v) is 14.1. The highest BCUT2D eigenvalue weighted by molar-refractivity contribution is 7.09. The molecule has 4 rings (SSSR count). The van der Waals surface area contributed by atoms with Crippen molar-refractivity contribution in [1.82, 2.24) is 14.9 Å².